The van der Waals surface area contributed by atoms with Crippen molar-refractivity contribution >= 4 is 17.3 Å². The van der Waals surface area contributed by atoms with Gasteiger partial charge in [0.15, 0.2) is 0 Å². The SMILES string of the molecule is c1cnc(N2CCN(Cc3ccsc3)CC2)nc1. The molecule has 0 N–H and O–H groups in total. The summed E-state index contributed by atoms with van der Waals surface area (Å²) in [7, 11) is 0. The minimum Gasteiger partial charge on any atom is -0.338 e. The van der Waals surface area contributed by atoms with Crippen LogP contribution in [0.5, 0.6) is 0 Å². The fourth-order valence-corrected chi connectivity index (χ4v) is 2.86. The second kappa shape index (κ2) is 5.46. The minimum atomic E-state index is 0.854. The number of nitrogens with zero attached hydrogens (tertiary/aromatic N) is 4. The van der Waals surface area contributed by atoms with Crippen LogP contribution in [-0.4, -0.2) is 41.0 Å². The summed E-state index contributed by atoms with van der Waals surface area (Å²) in [6, 6.07) is 4.06. The van der Waals surface area contributed by atoms with E-state index in [2.05, 4.69) is 36.6 Å². The van der Waals surface area contributed by atoms with Gasteiger partial charge in [-0.2, -0.15) is 11.3 Å². The number of piperazine rings is 1. The maximum Gasteiger partial charge on any atom is 0.225 e. The van der Waals surface area contributed by atoms with E-state index in [9.17, 15) is 0 Å². The van der Waals surface area contributed by atoms with E-state index in [-0.39, 0.29) is 0 Å². The van der Waals surface area contributed by atoms with Gasteiger partial charge in [0.1, 0.15) is 0 Å². The van der Waals surface area contributed by atoms with Crippen molar-refractivity contribution in [3.63, 3.8) is 0 Å². The Morgan fingerprint density at radius 3 is 2.56 bits per heavy atom. The van der Waals surface area contributed by atoms with Gasteiger partial charge in [0, 0.05) is 45.1 Å². The summed E-state index contributed by atoms with van der Waals surface area (Å²) in [5, 5.41) is 4.37. The van der Waals surface area contributed by atoms with E-state index in [4.69, 9.17) is 0 Å². The van der Waals surface area contributed by atoms with E-state index in [0.29, 0.717) is 0 Å². The number of thiophene rings is 1. The zero-order chi connectivity index (χ0) is 12.2. The molecule has 2 aromatic heterocycles. The molecule has 0 atom stereocenters. The Morgan fingerprint density at radius 2 is 1.89 bits per heavy atom. The second-order valence-electron chi connectivity index (χ2n) is 4.44. The Hall–Kier alpha value is -1.46. The van der Waals surface area contributed by atoms with Crippen LogP contribution < -0.4 is 4.90 Å². The van der Waals surface area contributed by atoms with Gasteiger partial charge >= 0.3 is 0 Å². The van der Waals surface area contributed by atoms with Gasteiger partial charge < -0.3 is 4.90 Å². The molecule has 0 amide bonds. The molecule has 3 rings (SSSR count). The van der Waals surface area contributed by atoms with Crippen LogP contribution in [0.15, 0.2) is 35.3 Å². The monoisotopic (exact) mass is 260 g/mol. The normalized spacial score (nSPS) is 17.0. The van der Waals surface area contributed by atoms with E-state index >= 15 is 0 Å². The highest BCUT2D eigenvalue weighted by atomic mass is 32.1. The first-order valence-corrected chi connectivity index (χ1v) is 7.11. The Kier molecular flexibility index (Phi) is 3.52. The largest absolute Gasteiger partial charge is 0.338 e. The van der Waals surface area contributed by atoms with Crippen molar-refractivity contribution < 1.29 is 0 Å². The Balaban J connectivity index is 1.55. The maximum absolute atomic E-state index is 4.30. The van der Waals surface area contributed by atoms with Crippen molar-refractivity contribution in [1.82, 2.24) is 14.9 Å². The van der Waals surface area contributed by atoms with E-state index in [1.165, 1.54) is 5.56 Å². The van der Waals surface area contributed by atoms with Crippen molar-refractivity contribution in [3.05, 3.63) is 40.8 Å². The molecule has 1 fully saturated rings. The first-order chi connectivity index (χ1) is 8.92. The fourth-order valence-electron chi connectivity index (χ4n) is 2.20. The van der Waals surface area contributed by atoms with Crippen LogP contribution in [0.25, 0.3) is 0 Å². The number of rotatable bonds is 3. The molecule has 0 unspecified atom stereocenters. The number of anilines is 1. The van der Waals surface area contributed by atoms with Crippen LogP contribution in [0, 0.1) is 0 Å². The van der Waals surface area contributed by atoms with Gasteiger partial charge in [0.25, 0.3) is 0 Å². The van der Waals surface area contributed by atoms with Crippen LogP contribution in [0.3, 0.4) is 0 Å². The molecule has 0 aliphatic carbocycles. The predicted octanol–water partition coefficient (Wildman–Crippen LogP) is 1.86. The van der Waals surface area contributed by atoms with Crippen molar-refractivity contribution in [2.75, 3.05) is 31.1 Å². The zero-order valence-electron chi connectivity index (χ0n) is 10.2. The van der Waals surface area contributed by atoms with E-state index in [1.54, 1.807) is 23.7 Å². The van der Waals surface area contributed by atoms with E-state index < -0.39 is 0 Å². The van der Waals surface area contributed by atoms with Gasteiger partial charge in [-0.25, -0.2) is 9.97 Å². The molecule has 5 heteroatoms. The minimum absolute atomic E-state index is 0.854. The molecule has 1 aliphatic rings. The molecule has 0 saturated carbocycles. The lowest BCUT2D eigenvalue weighted by molar-refractivity contribution is 0.249. The summed E-state index contributed by atoms with van der Waals surface area (Å²) in [5.74, 6) is 0.854. The average molecular weight is 260 g/mol. The molecule has 2 aromatic rings. The van der Waals surface area contributed by atoms with Crippen LogP contribution in [0.1, 0.15) is 5.56 Å². The molecule has 4 nitrogen and oxygen atoms in total. The first-order valence-electron chi connectivity index (χ1n) is 6.17. The van der Waals surface area contributed by atoms with Gasteiger partial charge in [-0.05, 0) is 28.5 Å². The van der Waals surface area contributed by atoms with Gasteiger partial charge in [0.2, 0.25) is 5.95 Å². The molecule has 18 heavy (non-hydrogen) atoms. The Bertz CT molecular complexity index is 463. The summed E-state index contributed by atoms with van der Waals surface area (Å²) in [5.41, 5.74) is 1.42. The van der Waals surface area contributed by atoms with Crippen molar-refractivity contribution in [2.24, 2.45) is 0 Å². The molecule has 1 aliphatic heterocycles. The van der Waals surface area contributed by atoms with Crippen LogP contribution >= 0.6 is 11.3 Å². The molecular weight excluding hydrogens is 244 g/mol. The second-order valence-corrected chi connectivity index (χ2v) is 5.22. The van der Waals surface area contributed by atoms with Gasteiger partial charge in [-0.3, -0.25) is 4.90 Å². The summed E-state index contributed by atoms with van der Waals surface area (Å²) in [6.45, 7) is 5.23. The highest BCUT2D eigenvalue weighted by Gasteiger charge is 2.18. The van der Waals surface area contributed by atoms with Crippen molar-refractivity contribution in [3.8, 4) is 0 Å². The average Bonchev–Trinajstić information content (AvgIpc) is 2.94. The molecule has 3 heterocycles. The molecule has 0 radical (unpaired) electrons. The molecule has 0 aromatic carbocycles. The molecule has 0 spiro atoms. The summed E-state index contributed by atoms with van der Waals surface area (Å²) < 4.78 is 0. The quantitative estimate of drug-likeness (QED) is 0.843. The predicted molar refractivity (Wildman–Crippen MR) is 73.8 cm³/mol. The summed E-state index contributed by atoms with van der Waals surface area (Å²) in [6.07, 6.45) is 3.61. The van der Waals surface area contributed by atoms with Crippen LogP contribution in [0.2, 0.25) is 0 Å². The first kappa shape index (κ1) is 11.6. The van der Waals surface area contributed by atoms with Crippen LogP contribution in [0.4, 0.5) is 5.95 Å². The molecule has 94 valence electrons. The summed E-state index contributed by atoms with van der Waals surface area (Å²) >= 11 is 1.77. The number of aromatic nitrogens is 2. The Morgan fingerprint density at radius 1 is 1.11 bits per heavy atom. The summed E-state index contributed by atoms with van der Waals surface area (Å²) in [4.78, 5) is 13.3. The number of hydrogen-bond donors (Lipinski definition) is 0. The third-order valence-corrected chi connectivity index (χ3v) is 3.93. The van der Waals surface area contributed by atoms with E-state index in [1.807, 2.05) is 6.07 Å². The van der Waals surface area contributed by atoms with Gasteiger partial charge in [-0.1, -0.05) is 0 Å². The molecule has 1 saturated heterocycles. The lowest BCUT2D eigenvalue weighted by atomic mass is 10.2. The smallest absolute Gasteiger partial charge is 0.225 e. The van der Waals surface area contributed by atoms with Crippen molar-refractivity contribution in [2.45, 2.75) is 6.54 Å². The van der Waals surface area contributed by atoms with Gasteiger partial charge in [-0.15, -0.1) is 0 Å². The standard InChI is InChI=1S/C13H16N4S/c1-3-14-13(15-4-1)17-7-5-16(6-8-17)10-12-2-9-18-11-12/h1-4,9,11H,5-8,10H2. The lowest BCUT2D eigenvalue weighted by Crippen LogP contribution is -2.46. The van der Waals surface area contributed by atoms with Crippen LogP contribution in [-0.2, 0) is 6.54 Å². The third-order valence-electron chi connectivity index (χ3n) is 3.19. The lowest BCUT2D eigenvalue weighted by Gasteiger charge is -2.34. The van der Waals surface area contributed by atoms with Gasteiger partial charge in [0.05, 0.1) is 0 Å². The third kappa shape index (κ3) is 2.68. The maximum atomic E-state index is 4.30. The Labute approximate surface area is 111 Å². The highest BCUT2D eigenvalue weighted by molar-refractivity contribution is 7.07. The zero-order valence-corrected chi connectivity index (χ0v) is 11.0. The number of hydrogen-bond acceptors (Lipinski definition) is 5. The topological polar surface area (TPSA) is 32.3 Å². The highest BCUT2D eigenvalue weighted by Crippen LogP contribution is 2.13. The van der Waals surface area contributed by atoms with E-state index in [0.717, 1.165) is 38.7 Å². The van der Waals surface area contributed by atoms with Crippen molar-refractivity contribution in [1.29, 1.82) is 0 Å². The fraction of sp³-hybridized carbons (Fsp3) is 0.385. The molecule has 0 bridgehead atoms. The molecular formula is C13H16N4S.